The Morgan fingerprint density at radius 1 is 0.943 bits per heavy atom. The summed E-state index contributed by atoms with van der Waals surface area (Å²) in [6, 6.07) is 10.6. The Bertz CT molecular complexity index is 783. The average molecular weight is 591 g/mol. The predicted molar refractivity (Wildman–Crippen MR) is 147 cm³/mol. The van der Waals surface area contributed by atoms with Crippen LogP contribution in [0.15, 0.2) is 43.0 Å². The molecule has 1 aliphatic rings. The third kappa shape index (κ3) is 6.53. The summed E-state index contributed by atoms with van der Waals surface area (Å²) in [5, 5.41) is 0. The summed E-state index contributed by atoms with van der Waals surface area (Å²) in [5.41, 5.74) is -0.336. The molecule has 0 spiro atoms. The molecule has 5 heteroatoms. The normalized spacial score (nSPS) is 21.5. The van der Waals surface area contributed by atoms with Gasteiger partial charge in [0, 0.05) is 0 Å². The Hall–Kier alpha value is -1.30. The molecule has 1 fully saturated rings. The van der Waals surface area contributed by atoms with Crippen molar-refractivity contribution in [3.63, 3.8) is 0 Å². The van der Waals surface area contributed by atoms with Crippen LogP contribution in [0.25, 0.3) is 0 Å². The van der Waals surface area contributed by atoms with E-state index in [1.165, 1.54) is 71.6 Å². The molecule has 4 nitrogen and oxygen atoms in total. The second-order valence-corrected chi connectivity index (χ2v) is 24.7. The Morgan fingerprint density at radius 2 is 1.43 bits per heavy atom. The maximum absolute atomic E-state index is 13.3. The Labute approximate surface area is 218 Å². The van der Waals surface area contributed by atoms with Gasteiger partial charge in [0.05, 0.1) is 0 Å². The minimum absolute atomic E-state index is 0.0176. The van der Waals surface area contributed by atoms with Crippen LogP contribution in [-0.4, -0.2) is 44.5 Å². The molecule has 0 saturated heterocycles. The van der Waals surface area contributed by atoms with Gasteiger partial charge in [-0.05, 0) is 0 Å². The zero-order valence-electron chi connectivity index (χ0n) is 22.9. The van der Waals surface area contributed by atoms with E-state index < -0.39 is 35.7 Å². The first-order valence-electron chi connectivity index (χ1n) is 13.7. The molecule has 35 heavy (non-hydrogen) atoms. The van der Waals surface area contributed by atoms with Crippen molar-refractivity contribution < 1.29 is 19.1 Å². The number of benzene rings is 1. The van der Waals surface area contributed by atoms with Gasteiger partial charge in [0.2, 0.25) is 0 Å². The molecule has 0 unspecified atom stereocenters. The molecule has 0 aliphatic heterocycles. The third-order valence-electron chi connectivity index (χ3n) is 8.55. The molecule has 0 heterocycles. The van der Waals surface area contributed by atoms with Crippen LogP contribution in [-0.2, 0) is 24.5 Å². The summed E-state index contributed by atoms with van der Waals surface area (Å²) in [6.07, 6.45) is 10.4. The van der Waals surface area contributed by atoms with E-state index >= 15 is 0 Å². The summed E-state index contributed by atoms with van der Waals surface area (Å²) in [4.78, 5) is 26.5. The van der Waals surface area contributed by atoms with E-state index in [1.807, 2.05) is 12.1 Å². The molecule has 2 atom stereocenters. The summed E-state index contributed by atoms with van der Waals surface area (Å²) < 4.78 is 15.8. The molecule has 0 aromatic heterocycles. The van der Waals surface area contributed by atoms with Crippen molar-refractivity contribution in [3.05, 3.63) is 48.6 Å². The quantitative estimate of drug-likeness (QED) is 0.0908. The molecular weight excluding hydrogens is 543 g/mol. The number of methoxy groups -OCH3 is 2. The van der Waals surface area contributed by atoms with E-state index in [4.69, 9.17) is 9.47 Å². The van der Waals surface area contributed by atoms with Gasteiger partial charge < -0.3 is 0 Å². The molecule has 1 aromatic carbocycles. The number of esters is 2. The van der Waals surface area contributed by atoms with E-state index in [1.54, 1.807) is 0 Å². The number of ether oxygens (including phenoxy) is 2. The van der Waals surface area contributed by atoms with Crippen LogP contribution >= 0.6 is 0 Å². The molecule has 1 aromatic rings. The molecule has 0 N–H and O–H groups in total. The first-order chi connectivity index (χ1) is 16.8. The molecule has 0 bridgehead atoms. The number of hydrogen-bond donors (Lipinski definition) is 0. The molecule has 2 rings (SSSR count). The fourth-order valence-electron chi connectivity index (χ4n) is 6.75. The summed E-state index contributed by atoms with van der Waals surface area (Å²) >= 11 is -2.71. The van der Waals surface area contributed by atoms with Crippen molar-refractivity contribution >= 4 is 30.3 Å². The fraction of sp³-hybridized carbons (Fsp3) is 0.667. The van der Waals surface area contributed by atoms with Crippen molar-refractivity contribution in [2.75, 3.05) is 14.2 Å². The molecular formula is C30H48O4Sn. The van der Waals surface area contributed by atoms with Crippen molar-refractivity contribution in [3.8, 4) is 0 Å². The summed E-state index contributed by atoms with van der Waals surface area (Å²) in [7, 11) is 2.76. The number of rotatable bonds is 15. The van der Waals surface area contributed by atoms with Crippen LogP contribution in [0.3, 0.4) is 0 Å². The van der Waals surface area contributed by atoms with Gasteiger partial charge >= 0.3 is 219 Å². The number of hydrogen-bond acceptors (Lipinski definition) is 4. The zero-order chi connectivity index (χ0) is 26.0. The van der Waals surface area contributed by atoms with Crippen LogP contribution in [0.1, 0.15) is 77.7 Å². The van der Waals surface area contributed by atoms with Crippen molar-refractivity contribution in [1.29, 1.82) is 0 Å². The van der Waals surface area contributed by atoms with Gasteiger partial charge in [-0.2, -0.15) is 0 Å². The molecule has 1 aliphatic carbocycles. The van der Waals surface area contributed by atoms with E-state index in [0.717, 1.165) is 4.44 Å². The van der Waals surface area contributed by atoms with Gasteiger partial charge in [-0.25, -0.2) is 0 Å². The Kier molecular flexibility index (Phi) is 11.8. The second-order valence-electron chi connectivity index (χ2n) is 10.8. The van der Waals surface area contributed by atoms with E-state index in [2.05, 4.69) is 51.6 Å². The molecule has 0 radical (unpaired) electrons. The number of carbonyl (C=O) groups excluding carboxylic acids is 2. The average Bonchev–Trinajstić information content (AvgIpc) is 3.25. The van der Waals surface area contributed by atoms with Gasteiger partial charge in [-0.1, -0.05) is 0 Å². The van der Waals surface area contributed by atoms with Crippen molar-refractivity contribution in [2.45, 2.75) is 95.3 Å². The van der Waals surface area contributed by atoms with Crippen LogP contribution in [0.2, 0.25) is 17.7 Å². The summed E-state index contributed by atoms with van der Waals surface area (Å²) in [5.74, 6) is -0.917. The number of allylic oxidation sites excluding steroid dienone is 1. The summed E-state index contributed by atoms with van der Waals surface area (Å²) in [6.45, 7) is 11.1. The third-order valence-corrected chi connectivity index (χ3v) is 24.6. The van der Waals surface area contributed by atoms with E-state index in [-0.39, 0.29) is 11.3 Å². The number of carbonyl (C=O) groups is 2. The maximum atomic E-state index is 13.3. The van der Waals surface area contributed by atoms with Crippen LogP contribution in [0.5, 0.6) is 0 Å². The van der Waals surface area contributed by atoms with Crippen molar-refractivity contribution in [2.24, 2.45) is 11.3 Å². The van der Waals surface area contributed by atoms with Gasteiger partial charge in [-0.15, -0.1) is 0 Å². The van der Waals surface area contributed by atoms with Gasteiger partial charge in [0.25, 0.3) is 0 Å². The van der Waals surface area contributed by atoms with Gasteiger partial charge in [0.15, 0.2) is 0 Å². The Morgan fingerprint density at radius 3 is 1.83 bits per heavy atom. The number of unbranched alkanes of at least 4 members (excludes halogenated alkanes) is 3. The first-order valence-corrected chi connectivity index (χ1v) is 21.8. The van der Waals surface area contributed by atoms with Crippen LogP contribution < -0.4 is 0 Å². The minimum atomic E-state index is -2.71. The van der Waals surface area contributed by atoms with E-state index in [0.29, 0.717) is 12.8 Å². The SMILES string of the molecule is C=C[C@H]1CC(C(=O)OC)(C(=O)OC)C[C@]1([CH2][Sn]([CH2]CCC)([CH2]CCC)[CH2]CCC)c1ccccc1. The van der Waals surface area contributed by atoms with E-state index in [9.17, 15) is 9.59 Å². The molecule has 196 valence electrons. The van der Waals surface area contributed by atoms with Crippen molar-refractivity contribution in [1.82, 2.24) is 0 Å². The Balaban J connectivity index is 2.74. The topological polar surface area (TPSA) is 52.6 Å². The van der Waals surface area contributed by atoms with Crippen LogP contribution in [0.4, 0.5) is 0 Å². The first kappa shape index (κ1) is 29.9. The molecule has 1 saturated carbocycles. The second kappa shape index (κ2) is 13.9. The molecule has 0 amide bonds. The van der Waals surface area contributed by atoms with Crippen LogP contribution in [0, 0.1) is 11.3 Å². The fourth-order valence-corrected chi connectivity index (χ4v) is 25.4. The van der Waals surface area contributed by atoms with Gasteiger partial charge in [-0.3, -0.25) is 0 Å². The van der Waals surface area contributed by atoms with Gasteiger partial charge in [0.1, 0.15) is 0 Å². The monoisotopic (exact) mass is 592 g/mol. The predicted octanol–water partition coefficient (Wildman–Crippen LogP) is 7.70. The zero-order valence-corrected chi connectivity index (χ0v) is 25.7. The standard InChI is InChI=1S/C18H21O4.3C4H9.Sn/c1-5-13-11-18(15(19)21-3,16(20)22-4)12-17(13,2)14-9-7-6-8-10-14;3*1-3-4-2;/h5-10,13H,1-2,11-12H2,3-4H3;3*1,3-4H2,2H3;/t13-,17-;;;;/m0..../s1.